The molecule has 0 amide bonds. The van der Waals surface area contributed by atoms with Crippen LogP contribution in [0, 0.1) is 10.2 Å². The summed E-state index contributed by atoms with van der Waals surface area (Å²) in [6.45, 7) is 0. The molecule has 0 atom stereocenters. The van der Waals surface area contributed by atoms with Crippen molar-refractivity contribution in [3.63, 3.8) is 0 Å². The summed E-state index contributed by atoms with van der Waals surface area (Å²) in [5.41, 5.74) is 2.46. The normalized spacial score (nSPS) is 10.9. The fraction of sp³-hybridized carbons (Fsp3) is 0.118. The summed E-state index contributed by atoms with van der Waals surface area (Å²) in [6.07, 6.45) is 2.83. The highest BCUT2D eigenvalue weighted by Gasteiger charge is 2.16. The summed E-state index contributed by atoms with van der Waals surface area (Å²) >= 11 is 0. The van der Waals surface area contributed by atoms with Crippen LogP contribution in [0.3, 0.4) is 0 Å². The van der Waals surface area contributed by atoms with Gasteiger partial charge in [0.05, 0.1) is 11.8 Å². The predicted molar refractivity (Wildman–Crippen MR) is 75.9 cm³/mol. The van der Waals surface area contributed by atoms with Gasteiger partial charge in [-0.25, -0.2) is 18.6 Å². The smallest absolute Gasteiger partial charge is 0.246 e. The summed E-state index contributed by atoms with van der Waals surface area (Å²) in [4.78, 5) is 5.44. The molecule has 1 heterocycles. The molecule has 0 saturated carbocycles. The second kappa shape index (κ2) is 8.05. The van der Waals surface area contributed by atoms with E-state index in [4.69, 9.17) is 23.5 Å². The van der Waals surface area contributed by atoms with Crippen LogP contribution in [-0.4, -0.2) is 7.11 Å². The molecule has 0 bridgehead atoms. The van der Waals surface area contributed by atoms with Gasteiger partial charge in [-0.15, -0.1) is 10.2 Å². The Hall–Kier alpha value is -2.22. The SMILES string of the molecule is CO[n+]1ccc2ccccc2c1Cc1ccccc1.[O-][Cl+3]([O-])([O-])[O-]. The minimum Gasteiger partial charge on any atom is -0.274 e. The van der Waals surface area contributed by atoms with Gasteiger partial charge in [0.25, 0.3) is 0 Å². The minimum atomic E-state index is -4.94. The molecule has 0 aliphatic carbocycles. The first-order valence-corrected chi connectivity index (χ1v) is 8.24. The highest BCUT2D eigenvalue weighted by molar-refractivity contribution is 5.83. The second-order valence-corrected chi connectivity index (χ2v) is 5.65. The lowest BCUT2D eigenvalue weighted by molar-refractivity contribution is -2.00. The lowest BCUT2D eigenvalue weighted by Crippen LogP contribution is -2.68. The molecular weight excluding hydrogens is 334 g/mol. The molecule has 0 radical (unpaired) electrons. The van der Waals surface area contributed by atoms with Crippen molar-refractivity contribution in [3.05, 3.63) is 78.1 Å². The molecule has 0 aliphatic rings. The van der Waals surface area contributed by atoms with E-state index >= 15 is 0 Å². The average Bonchev–Trinajstić information content (AvgIpc) is 2.55. The predicted octanol–water partition coefficient (Wildman–Crippen LogP) is -1.98. The first kappa shape index (κ1) is 18.1. The van der Waals surface area contributed by atoms with Crippen LogP contribution in [0.4, 0.5) is 0 Å². The summed E-state index contributed by atoms with van der Waals surface area (Å²) < 4.78 is 35.8. The van der Waals surface area contributed by atoms with Gasteiger partial charge in [0, 0.05) is 10.8 Å². The van der Waals surface area contributed by atoms with Crippen LogP contribution in [0.15, 0.2) is 66.9 Å². The number of rotatable bonds is 3. The van der Waals surface area contributed by atoms with E-state index in [1.807, 2.05) is 17.0 Å². The zero-order chi connectivity index (χ0) is 17.6. The van der Waals surface area contributed by atoms with Crippen molar-refractivity contribution in [2.24, 2.45) is 0 Å². The van der Waals surface area contributed by atoms with Crippen LogP contribution < -0.4 is 28.2 Å². The summed E-state index contributed by atoms with van der Waals surface area (Å²) in [7, 11) is -3.25. The van der Waals surface area contributed by atoms with Crippen LogP contribution in [0.1, 0.15) is 11.3 Å². The first-order chi connectivity index (χ1) is 11.4. The number of fused-ring (bicyclic) bond motifs is 1. The maximum Gasteiger partial charge on any atom is 0.246 e. The molecule has 6 nitrogen and oxygen atoms in total. The molecule has 7 heteroatoms. The Morgan fingerprint density at radius 3 is 2.08 bits per heavy atom. The van der Waals surface area contributed by atoms with E-state index in [-0.39, 0.29) is 0 Å². The Bertz CT molecular complexity index is 784. The molecule has 0 fully saturated rings. The third-order valence-electron chi connectivity index (χ3n) is 3.34. The zero-order valence-electron chi connectivity index (χ0n) is 12.9. The Kier molecular flexibility index (Phi) is 6.08. The lowest BCUT2D eigenvalue weighted by atomic mass is 10.0. The van der Waals surface area contributed by atoms with Gasteiger partial charge in [-0.1, -0.05) is 48.5 Å². The van der Waals surface area contributed by atoms with Crippen LogP contribution in [-0.2, 0) is 6.42 Å². The average molecular weight is 350 g/mol. The van der Waals surface area contributed by atoms with Crippen molar-refractivity contribution in [1.29, 1.82) is 0 Å². The summed E-state index contributed by atoms with van der Waals surface area (Å²) in [5, 5.41) is 2.47. The van der Waals surface area contributed by atoms with Crippen LogP contribution in [0.2, 0.25) is 0 Å². The Balaban J connectivity index is 0.000000368. The number of pyridine rings is 1. The molecular formula is C17H16ClNO5. The Morgan fingerprint density at radius 2 is 1.46 bits per heavy atom. The molecule has 0 saturated heterocycles. The quantitative estimate of drug-likeness (QED) is 0.509. The van der Waals surface area contributed by atoms with E-state index in [0.29, 0.717) is 0 Å². The summed E-state index contributed by atoms with van der Waals surface area (Å²) in [5.74, 6) is 0. The number of hydrogen-bond acceptors (Lipinski definition) is 5. The van der Waals surface area contributed by atoms with Crippen molar-refractivity contribution in [2.45, 2.75) is 6.42 Å². The fourth-order valence-corrected chi connectivity index (χ4v) is 2.40. The highest BCUT2D eigenvalue weighted by Crippen LogP contribution is 2.17. The highest BCUT2D eigenvalue weighted by atomic mass is 35.7. The third kappa shape index (κ3) is 5.45. The Morgan fingerprint density at radius 1 is 0.875 bits per heavy atom. The molecule has 2 aromatic carbocycles. The standard InChI is InChI=1S/C17H16NO.ClHO4/c1-19-18-12-11-15-9-5-6-10-16(15)17(18)13-14-7-3-2-4-8-14;2-1(3,4)5/h2-12H,13H2,1H3;(H,2,3,4,5)/q+1;/p-1. The van der Waals surface area contributed by atoms with Gasteiger partial charge in [-0.05, 0) is 17.0 Å². The van der Waals surface area contributed by atoms with E-state index < -0.39 is 10.2 Å². The zero-order valence-corrected chi connectivity index (χ0v) is 13.7. The molecule has 0 N–H and O–H groups in total. The minimum absolute atomic E-state index is 0.857. The van der Waals surface area contributed by atoms with E-state index in [2.05, 4.69) is 54.6 Å². The van der Waals surface area contributed by atoms with Gasteiger partial charge < -0.3 is 0 Å². The molecule has 0 aliphatic heterocycles. The molecule has 3 rings (SSSR count). The van der Waals surface area contributed by atoms with E-state index in [0.717, 1.165) is 6.42 Å². The number of hydrogen-bond donors (Lipinski definition) is 0. The lowest BCUT2D eigenvalue weighted by Gasteiger charge is -2.17. The largest absolute Gasteiger partial charge is 0.274 e. The topological polar surface area (TPSA) is 105 Å². The summed E-state index contributed by atoms with van der Waals surface area (Å²) in [6, 6.07) is 20.9. The number of benzene rings is 2. The number of nitrogens with zero attached hydrogens (tertiary/aromatic N) is 1. The molecule has 0 spiro atoms. The fourth-order valence-electron chi connectivity index (χ4n) is 2.40. The molecule has 1 aromatic heterocycles. The van der Waals surface area contributed by atoms with Gasteiger partial charge in [-0.2, -0.15) is 0 Å². The van der Waals surface area contributed by atoms with E-state index in [1.165, 1.54) is 22.0 Å². The Labute approximate surface area is 141 Å². The monoisotopic (exact) mass is 349 g/mol. The van der Waals surface area contributed by atoms with Crippen molar-refractivity contribution >= 4 is 10.8 Å². The van der Waals surface area contributed by atoms with Gasteiger partial charge in [-0.3, -0.25) is 4.84 Å². The van der Waals surface area contributed by atoms with Crippen molar-refractivity contribution in [3.8, 4) is 0 Å². The van der Waals surface area contributed by atoms with Gasteiger partial charge >= 0.3 is 0 Å². The number of aromatic nitrogens is 1. The molecule has 3 aromatic rings. The molecule has 0 unspecified atom stereocenters. The van der Waals surface area contributed by atoms with Crippen molar-refractivity contribution < 1.29 is 38.4 Å². The van der Waals surface area contributed by atoms with Gasteiger partial charge in [0.1, 0.15) is 7.11 Å². The van der Waals surface area contributed by atoms with E-state index in [1.54, 1.807) is 7.11 Å². The maximum atomic E-state index is 8.49. The van der Waals surface area contributed by atoms with Crippen LogP contribution >= 0.6 is 0 Å². The van der Waals surface area contributed by atoms with Gasteiger partial charge in [0.2, 0.25) is 11.9 Å². The van der Waals surface area contributed by atoms with Crippen LogP contribution in [0.25, 0.3) is 10.8 Å². The third-order valence-corrected chi connectivity index (χ3v) is 3.34. The molecule has 24 heavy (non-hydrogen) atoms. The molecule has 126 valence electrons. The second-order valence-electron chi connectivity index (χ2n) is 4.90. The van der Waals surface area contributed by atoms with Crippen molar-refractivity contribution in [1.82, 2.24) is 0 Å². The number of halogens is 1. The van der Waals surface area contributed by atoms with Gasteiger partial charge in [0.15, 0.2) is 0 Å². The maximum absolute atomic E-state index is 8.49. The van der Waals surface area contributed by atoms with Crippen molar-refractivity contribution in [2.75, 3.05) is 7.11 Å². The van der Waals surface area contributed by atoms with E-state index in [9.17, 15) is 0 Å². The van der Waals surface area contributed by atoms with Crippen LogP contribution in [0.5, 0.6) is 0 Å². The first-order valence-electron chi connectivity index (χ1n) is 7.01.